The highest BCUT2D eigenvalue weighted by molar-refractivity contribution is 5.29. The Labute approximate surface area is 123 Å². The average molecular weight is 276 g/mol. The molecule has 0 saturated heterocycles. The molecule has 0 bridgehead atoms. The Morgan fingerprint density at radius 3 is 2.25 bits per heavy atom. The maximum absolute atomic E-state index is 5.83. The summed E-state index contributed by atoms with van der Waals surface area (Å²) >= 11 is 0. The molecule has 1 aromatic carbocycles. The molecule has 0 unspecified atom stereocenters. The van der Waals surface area contributed by atoms with Crippen molar-refractivity contribution in [2.24, 2.45) is 0 Å². The highest BCUT2D eigenvalue weighted by Crippen LogP contribution is 2.42. The van der Waals surface area contributed by atoms with E-state index in [0.717, 1.165) is 12.4 Å². The van der Waals surface area contributed by atoms with Crippen molar-refractivity contribution >= 4 is 0 Å². The van der Waals surface area contributed by atoms with Gasteiger partial charge < -0.3 is 9.47 Å². The number of rotatable bonds is 6. The minimum absolute atomic E-state index is 0.149. The predicted molar refractivity (Wildman–Crippen MR) is 83.5 cm³/mol. The molecule has 0 spiro atoms. The van der Waals surface area contributed by atoms with Gasteiger partial charge in [0, 0.05) is 7.11 Å². The van der Waals surface area contributed by atoms with Crippen LogP contribution < -0.4 is 4.74 Å². The molecule has 2 nitrogen and oxygen atoms in total. The SMILES string of the molecule is CCCC1(OC)CCC(c2ccc(OCC)cc2)CC1. The van der Waals surface area contributed by atoms with Crippen molar-refractivity contribution in [3.05, 3.63) is 29.8 Å². The van der Waals surface area contributed by atoms with E-state index in [9.17, 15) is 0 Å². The molecule has 0 heterocycles. The van der Waals surface area contributed by atoms with Crippen LogP contribution in [0.15, 0.2) is 24.3 Å². The summed E-state index contributed by atoms with van der Waals surface area (Å²) in [5.74, 6) is 1.66. The third kappa shape index (κ3) is 3.54. The lowest BCUT2D eigenvalue weighted by Gasteiger charge is -2.39. The van der Waals surface area contributed by atoms with Crippen LogP contribution in [0.4, 0.5) is 0 Å². The molecule has 1 aliphatic rings. The van der Waals surface area contributed by atoms with Crippen molar-refractivity contribution in [3.8, 4) is 5.75 Å². The van der Waals surface area contributed by atoms with Crippen LogP contribution >= 0.6 is 0 Å². The fourth-order valence-corrected chi connectivity index (χ4v) is 3.49. The number of ether oxygens (including phenoxy) is 2. The van der Waals surface area contributed by atoms with Crippen LogP contribution in [0.2, 0.25) is 0 Å². The van der Waals surface area contributed by atoms with Gasteiger partial charge >= 0.3 is 0 Å². The van der Waals surface area contributed by atoms with E-state index < -0.39 is 0 Å². The highest BCUT2D eigenvalue weighted by atomic mass is 16.5. The molecule has 1 saturated carbocycles. The Balaban J connectivity index is 1.96. The van der Waals surface area contributed by atoms with Crippen LogP contribution in [-0.2, 0) is 4.74 Å². The standard InChI is InChI=1S/C18H28O2/c1-4-12-18(19-3)13-10-16(11-14-18)15-6-8-17(9-7-15)20-5-2/h6-9,16H,4-5,10-14H2,1-3H3. The van der Waals surface area contributed by atoms with E-state index in [1.807, 2.05) is 14.0 Å². The van der Waals surface area contributed by atoms with E-state index >= 15 is 0 Å². The molecule has 1 aliphatic carbocycles. The van der Waals surface area contributed by atoms with E-state index in [1.54, 1.807) is 0 Å². The Kier molecular flexibility index (Phi) is 5.47. The van der Waals surface area contributed by atoms with Gasteiger partial charge in [0.25, 0.3) is 0 Å². The van der Waals surface area contributed by atoms with Crippen molar-refractivity contribution in [3.63, 3.8) is 0 Å². The fraction of sp³-hybridized carbons (Fsp3) is 0.667. The molecule has 2 heteroatoms. The second-order valence-corrected chi connectivity index (χ2v) is 5.91. The maximum atomic E-state index is 5.83. The van der Waals surface area contributed by atoms with Crippen molar-refractivity contribution in [2.45, 2.75) is 63.9 Å². The fourth-order valence-electron chi connectivity index (χ4n) is 3.49. The molecule has 1 aromatic rings. The van der Waals surface area contributed by atoms with E-state index in [2.05, 4.69) is 31.2 Å². The molecule has 0 aromatic heterocycles. The van der Waals surface area contributed by atoms with Gasteiger partial charge in [0.15, 0.2) is 0 Å². The minimum Gasteiger partial charge on any atom is -0.494 e. The summed E-state index contributed by atoms with van der Waals surface area (Å²) in [5.41, 5.74) is 1.60. The predicted octanol–water partition coefficient (Wildman–Crippen LogP) is 4.93. The van der Waals surface area contributed by atoms with Crippen LogP contribution in [0.3, 0.4) is 0 Å². The van der Waals surface area contributed by atoms with Crippen molar-refractivity contribution in [1.82, 2.24) is 0 Å². The first kappa shape index (κ1) is 15.4. The van der Waals surface area contributed by atoms with Gasteiger partial charge in [0.05, 0.1) is 12.2 Å². The summed E-state index contributed by atoms with van der Waals surface area (Å²) in [6.07, 6.45) is 7.26. The number of benzene rings is 1. The van der Waals surface area contributed by atoms with E-state index in [-0.39, 0.29) is 5.60 Å². The molecule has 2 rings (SSSR count). The molecular weight excluding hydrogens is 248 g/mol. The van der Waals surface area contributed by atoms with E-state index in [4.69, 9.17) is 9.47 Å². The normalized spacial score (nSPS) is 26.4. The third-order valence-electron chi connectivity index (χ3n) is 4.70. The second kappa shape index (κ2) is 7.12. The van der Waals surface area contributed by atoms with Gasteiger partial charge in [-0.3, -0.25) is 0 Å². The third-order valence-corrected chi connectivity index (χ3v) is 4.70. The lowest BCUT2D eigenvalue weighted by molar-refractivity contribution is -0.0494. The molecule has 0 amide bonds. The summed E-state index contributed by atoms with van der Waals surface area (Å²) in [4.78, 5) is 0. The summed E-state index contributed by atoms with van der Waals surface area (Å²) < 4.78 is 11.3. The van der Waals surface area contributed by atoms with Gasteiger partial charge in [0.2, 0.25) is 0 Å². The summed E-state index contributed by atoms with van der Waals surface area (Å²) in [6, 6.07) is 8.66. The Morgan fingerprint density at radius 1 is 1.10 bits per heavy atom. The van der Waals surface area contributed by atoms with Gasteiger partial charge in [-0.2, -0.15) is 0 Å². The van der Waals surface area contributed by atoms with Crippen LogP contribution in [-0.4, -0.2) is 19.3 Å². The zero-order valence-electron chi connectivity index (χ0n) is 13.2. The van der Waals surface area contributed by atoms with Gasteiger partial charge in [-0.25, -0.2) is 0 Å². The van der Waals surface area contributed by atoms with Crippen LogP contribution in [0.25, 0.3) is 0 Å². The van der Waals surface area contributed by atoms with Gasteiger partial charge in [-0.05, 0) is 62.6 Å². The lowest BCUT2D eigenvalue weighted by Crippen LogP contribution is -2.35. The van der Waals surface area contributed by atoms with Crippen LogP contribution in [0.1, 0.15) is 63.9 Å². The Morgan fingerprint density at radius 2 is 1.75 bits per heavy atom. The number of hydrogen-bond donors (Lipinski definition) is 0. The zero-order chi connectivity index (χ0) is 14.4. The highest BCUT2D eigenvalue weighted by Gasteiger charge is 2.34. The molecule has 0 radical (unpaired) electrons. The summed E-state index contributed by atoms with van der Waals surface area (Å²) in [7, 11) is 1.88. The van der Waals surface area contributed by atoms with Gasteiger partial charge in [0.1, 0.15) is 5.75 Å². The van der Waals surface area contributed by atoms with E-state index in [0.29, 0.717) is 5.92 Å². The lowest BCUT2D eigenvalue weighted by atomic mass is 9.74. The first-order valence-corrected chi connectivity index (χ1v) is 8.01. The first-order valence-electron chi connectivity index (χ1n) is 8.01. The molecule has 1 fully saturated rings. The Bertz CT molecular complexity index is 388. The van der Waals surface area contributed by atoms with Crippen LogP contribution in [0, 0.1) is 0 Å². The second-order valence-electron chi connectivity index (χ2n) is 5.91. The average Bonchev–Trinajstić information content (AvgIpc) is 2.50. The number of hydrogen-bond acceptors (Lipinski definition) is 2. The molecular formula is C18H28O2. The summed E-state index contributed by atoms with van der Waals surface area (Å²) in [6.45, 7) is 5.00. The molecule has 20 heavy (non-hydrogen) atoms. The van der Waals surface area contributed by atoms with E-state index in [1.165, 1.54) is 44.1 Å². The first-order chi connectivity index (χ1) is 9.73. The van der Waals surface area contributed by atoms with Gasteiger partial charge in [-0.15, -0.1) is 0 Å². The Hall–Kier alpha value is -1.02. The zero-order valence-corrected chi connectivity index (χ0v) is 13.2. The number of methoxy groups -OCH3 is 1. The molecule has 0 atom stereocenters. The minimum atomic E-state index is 0.149. The quantitative estimate of drug-likeness (QED) is 0.733. The monoisotopic (exact) mass is 276 g/mol. The smallest absolute Gasteiger partial charge is 0.119 e. The molecule has 112 valence electrons. The maximum Gasteiger partial charge on any atom is 0.119 e. The largest absolute Gasteiger partial charge is 0.494 e. The van der Waals surface area contributed by atoms with Crippen molar-refractivity contribution < 1.29 is 9.47 Å². The van der Waals surface area contributed by atoms with Crippen molar-refractivity contribution in [2.75, 3.05) is 13.7 Å². The molecule has 0 N–H and O–H groups in total. The summed E-state index contributed by atoms with van der Waals surface area (Å²) in [5, 5.41) is 0. The molecule has 0 aliphatic heterocycles. The topological polar surface area (TPSA) is 18.5 Å². The van der Waals surface area contributed by atoms with Gasteiger partial charge in [-0.1, -0.05) is 25.5 Å². The van der Waals surface area contributed by atoms with Crippen LogP contribution in [0.5, 0.6) is 5.75 Å². The van der Waals surface area contributed by atoms with Crippen molar-refractivity contribution in [1.29, 1.82) is 0 Å².